The first kappa shape index (κ1) is 23.3. The minimum Gasteiger partial charge on any atom is -0.490 e. The number of carboxylic acid groups (broad SMARTS) is 1. The molecule has 0 aliphatic rings. The van der Waals surface area contributed by atoms with Gasteiger partial charge in [-0.25, -0.2) is 4.79 Å². The summed E-state index contributed by atoms with van der Waals surface area (Å²) >= 11 is 16.1. The number of carbonyl (C=O) groups is 1. The summed E-state index contributed by atoms with van der Waals surface area (Å²) in [5.74, 6) is 0.218. The standard InChI is InChI=1S/C23H20BrCl2NO4/c1-2-30-21-10-15(12-27-16-8-6-14(7-9-16)23(28)29)18(24)11-22(21)31-13-17-19(25)4-3-5-20(17)26/h3-11,27H,2,12-13H2,1H3,(H,28,29). The van der Waals surface area contributed by atoms with E-state index >= 15 is 0 Å². The summed E-state index contributed by atoms with van der Waals surface area (Å²) < 4.78 is 12.6. The Bertz CT molecular complexity index is 1050. The molecule has 2 N–H and O–H groups in total. The van der Waals surface area contributed by atoms with E-state index in [1.54, 1.807) is 42.5 Å². The molecule has 3 aromatic carbocycles. The predicted octanol–water partition coefficient (Wildman–Crippen LogP) is 7.04. The van der Waals surface area contributed by atoms with Crippen LogP contribution in [0.3, 0.4) is 0 Å². The van der Waals surface area contributed by atoms with Crippen molar-refractivity contribution in [2.24, 2.45) is 0 Å². The molecule has 0 aliphatic carbocycles. The van der Waals surface area contributed by atoms with E-state index in [-0.39, 0.29) is 12.2 Å². The molecule has 0 radical (unpaired) electrons. The van der Waals surface area contributed by atoms with E-state index in [0.29, 0.717) is 40.3 Å². The molecule has 0 fully saturated rings. The third-order valence-electron chi connectivity index (χ3n) is 4.46. The number of hydrogen-bond acceptors (Lipinski definition) is 4. The summed E-state index contributed by atoms with van der Waals surface area (Å²) in [6.07, 6.45) is 0. The van der Waals surface area contributed by atoms with Crippen LogP contribution in [-0.4, -0.2) is 17.7 Å². The van der Waals surface area contributed by atoms with Crippen molar-refractivity contribution in [3.8, 4) is 11.5 Å². The highest BCUT2D eigenvalue weighted by molar-refractivity contribution is 9.10. The largest absolute Gasteiger partial charge is 0.490 e. The predicted molar refractivity (Wildman–Crippen MR) is 127 cm³/mol. The smallest absolute Gasteiger partial charge is 0.335 e. The SMILES string of the molecule is CCOc1cc(CNc2ccc(C(=O)O)cc2)c(Br)cc1OCc1c(Cl)cccc1Cl. The molecule has 0 heterocycles. The highest BCUT2D eigenvalue weighted by atomic mass is 79.9. The van der Waals surface area contributed by atoms with Crippen LogP contribution in [-0.2, 0) is 13.2 Å². The molecule has 0 atom stereocenters. The highest BCUT2D eigenvalue weighted by Crippen LogP contribution is 2.36. The Morgan fingerprint density at radius 1 is 1.03 bits per heavy atom. The molecule has 0 aromatic heterocycles. The molecule has 0 unspecified atom stereocenters. The van der Waals surface area contributed by atoms with Crippen LogP contribution in [0.2, 0.25) is 10.0 Å². The number of rotatable bonds is 9. The van der Waals surface area contributed by atoms with Gasteiger partial charge in [0.1, 0.15) is 6.61 Å². The highest BCUT2D eigenvalue weighted by Gasteiger charge is 2.13. The lowest BCUT2D eigenvalue weighted by Gasteiger charge is -2.16. The van der Waals surface area contributed by atoms with Crippen LogP contribution in [0.1, 0.15) is 28.4 Å². The van der Waals surface area contributed by atoms with E-state index in [1.165, 1.54) is 0 Å². The first-order valence-electron chi connectivity index (χ1n) is 9.47. The number of carboxylic acids is 1. The Morgan fingerprint density at radius 2 is 1.68 bits per heavy atom. The zero-order chi connectivity index (χ0) is 22.4. The van der Waals surface area contributed by atoms with Gasteiger partial charge in [-0.15, -0.1) is 0 Å². The summed E-state index contributed by atoms with van der Waals surface area (Å²) in [6, 6.07) is 15.6. The summed E-state index contributed by atoms with van der Waals surface area (Å²) in [4.78, 5) is 11.0. The van der Waals surface area contributed by atoms with Crippen LogP contribution < -0.4 is 14.8 Å². The Morgan fingerprint density at radius 3 is 2.29 bits per heavy atom. The molecular weight excluding hydrogens is 505 g/mol. The molecule has 8 heteroatoms. The van der Waals surface area contributed by atoms with Crippen LogP contribution in [0, 0.1) is 0 Å². The number of hydrogen-bond donors (Lipinski definition) is 2. The first-order chi connectivity index (χ1) is 14.9. The van der Waals surface area contributed by atoms with Crippen LogP contribution in [0.25, 0.3) is 0 Å². The van der Waals surface area contributed by atoms with Crippen molar-refractivity contribution >= 4 is 50.8 Å². The molecular formula is C23H20BrCl2NO4. The molecule has 0 saturated carbocycles. The van der Waals surface area contributed by atoms with Gasteiger partial charge in [0.25, 0.3) is 0 Å². The molecule has 0 aliphatic heterocycles. The molecule has 0 spiro atoms. The van der Waals surface area contributed by atoms with E-state index in [4.69, 9.17) is 37.8 Å². The van der Waals surface area contributed by atoms with Gasteiger partial charge in [-0.2, -0.15) is 0 Å². The van der Waals surface area contributed by atoms with Crippen molar-refractivity contribution in [2.45, 2.75) is 20.1 Å². The average molecular weight is 525 g/mol. The summed E-state index contributed by atoms with van der Waals surface area (Å²) in [5, 5.41) is 13.4. The van der Waals surface area contributed by atoms with Gasteiger partial charge >= 0.3 is 5.97 Å². The van der Waals surface area contributed by atoms with Crippen LogP contribution in [0.4, 0.5) is 5.69 Å². The van der Waals surface area contributed by atoms with Crippen molar-refractivity contribution in [3.05, 3.63) is 85.8 Å². The average Bonchev–Trinajstić information content (AvgIpc) is 2.74. The fourth-order valence-corrected chi connectivity index (χ4v) is 3.81. The maximum Gasteiger partial charge on any atom is 0.335 e. The van der Waals surface area contributed by atoms with E-state index < -0.39 is 5.97 Å². The molecule has 0 saturated heterocycles. The molecule has 3 aromatic rings. The quantitative estimate of drug-likeness (QED) is 0.314. The van der Waals surface area contributed by atoms with Gasteiger partial charge in [0.15, 0.2) is 11.5 Å². The van der Waals surface area contributed by atoms with Crippen molar-refractivity contribution in [2.75, 3.05) is 11.9 Å². The Balaban J connectivity index is 1.75. The first-order valence-corrected chi connectivity index (χ1v) is 11.0. The fraction of sp³-hybridized carbons (Fsp3) is 0.174. The van der Waals surface area contributed by atoms with Gasteiger partial charge in [-0.1, -0.05) is 45.2 Å². The lowest BCUT2D eigenvalue weighted by Crippen LogP contribution is -2.05. The van der Waals surface area contributed by atoms with E-state index in [9.17, 15) is 4.79 Å². The van der Waals surface area contributed by atoms with E-state index in [2.05, 4.69) is 21.2 Å². The molecule has 31 heavy (non-hydrogen) atoms. The Labute approximate surface area is 199 Å². The second-order valence-corrected chi connectivity index (χ2v) is 8.22. The Kier molecular flexibility index (Phi) is 8.07. The van der Waals surface area contributed by atoms with Gasteiger partial charge < -0.3 is 19.9 Å². The van der Waals surface area contributed by atoms with Crippen LogP contribution in [0.15, 0.2) is 59.1 Å². The van der Waals surface area contributed by atoms with Gasteiger partial charge in [0, 0.05) is 32.3 Å². The van der Waals surface area contributed by atoms with Crippen molar-refractivity contribution < 1.29 is 19.4 Å². The monoisotopic (exact) mass is 523 g/mol. The fourth-order valence-electron chi connectivity index (χ4n) is 2.84. The second-order valence-electron chi connectivity index (χ2n) is 6.55. The third kappa shape index (κ3) is 6.06. The second kappa shape index (κ2) is 10.8. The van der Waals surface area contributed by atoms with Gasteiger partial charge in [-0.05, 0) is 61.0 Å². The van der Waals surface area contributed by atoms with E-state index in [0.717, 1.165) is 15.7 Å². The number of aromatic carboxylic acids is 1. The number of benzene rings is 3. The van der Waals surface area contributed by atoms with Crippen molar-refractivity contribution in [3.63, 3.8) is 0 Å². The maximum atomic E-state index is 11.0. The number of anilines is 1. The minimum absolute atomic E-state index is 0.207. The lowest BCUT2D eigenvalue weighted by atomic mass is 10.1. The zero-order valence-corrected chi connectivity index (χ0v) is 19.7. The van der Waals surface area contributed by atoms with Crippen molar-refractivity contribution in [1.29, 1.82) is 0 Å². The lowest BCUT2D eigenvalue weighted by molar-refractivity contribution is 0.0697. The molecule has 3 rings (SSSR count). The van der Waals surface area contributed by atoms with Crippen molar-refractivity contribution in [1.82, 2.24) is 0 Å². The van der Waals surface area contributed by atoms with Gasteiger partial charge in [0.2, 0.25) is 0 Å². The summed E-state index contributed by atoms with van der Waals surface area (Å²) in [6.45, 7) is 3.09. The minimum atomic E-state index is -0.954. The van der Waals surface area contributed by atoms with Crippen LogP contribution >= 0.6 is 39.1 Å². The van der Waals surface area contributed by atoms with Crippen LogP contribution in [0.5, 0.6) is 11.5 Å². The molecule has 5 nitrogen and oxygen atoms in total. The summed E-state index contributed by atoms with van der Waals surface area (Å²) in [7, 11) is 0. The third-order valence-corrected chi connectivity index (χ3v) is 5.91. The number of nitrogens with one attached hydrogen (secondary N) is 1. The maximum absolute atomic E-state index is 11.0. The van der Waals surface area contributed by atoms with Gasteiger partial charge in [-0.3, -0.25) is 0 Å². The summed E-state index contributed by atoms with van der Waals surface area (Å²) in [5.41, 5.74) is 2.71. The Hall–Kier alpha value is -2.41. The number of halogens is 3. The van der Waals surface area contributed by atoms with E-state index in [1.807, 2.05) is 19.1 Å². The molecule has 0 amide bonds. The molecule has 0 bridgehead atoms. The van der Waals surface area contributed by atoms with Gasteiger partial charge in [0.05, 0.1) is 12.2 Å². The topological polar surface area (TPSA) is 67.8 Å². The molecule has 162 valence electrons. The zero-order valence-electron chi connectivity index (χ0n) is 16.6. The normalized spacial score (nSPS) is 10.6. The number of ether oxygens (including phenoxy) is 2.